The number of hydrogen-bond donors (Lipinski definition) is 0. The quantitative estimate of drug-likeness (QED) is 0.375. The normalized spacial score (nSPS) is 6.80. The van der Waals surface area contributed by atoms with Gasteiger partial charge >= 0.3 is 50.0 Å². The Labute approximate surface area is 139 Å². The molecule has 0 aromatic carbocycles. The largest absolute Gasteiger partial charge is 1.00 e. The first-order valence-electron chi connectivity index (χ1n) is 4.10. The van der Waals surface area contributed by atoms with Crippen LogP contribution >= 0.6 is 0 Å². The van der Waals surface area contributed by atoms with Gasteiger partial charge in [0.2, 0.25) is 0 Å². The summed E-state index contributed by atoms with van der Waals surface area (Å²) in [6.45, 7) is 0. The SMILES string of the molecule is N#C[B-](C#N)(C#N)C#N.N#C[B-](C#N)(C#N)C#N.[Li+].[Li+]. The van der Waals surface area contributed by atoms with Crippen LogP contribution in [0.1, 0.15) is 0 Å². The molecule has 0 aliphatic heterocycles. The summed E-state index contributed by atoms with van der Waals surface area (Å²) in [7, 11) is 0. The molecule has 0 heterocycles. The maximum Gasteiger partial charge on any atom is 1.00 e. The molecule has 12 heteroatoms. The predicted octanol–water partition coefficient (Wildman–Crippen LogP) is -6.62. The zero-order valence-corrected chi connectivity index (χ0v) is 10.7. The zero-order chi connectivity index (χ0) is 14.7. The Kier molecular flexibility index (Phi) is 16.5. The van der Waals surface area contributed by atoms with Gasteiger partial charge in [0.25, 0.3) is 0 Å². The van der Waals surface area contributed by atoms with Crippen molar-refractivity contribution in [1.29, 1.82) is 42.1 Å². The smallest absolute Gasteiger partial charge is 0.245 e. The van der Waals surface area contributed by atoms with Crippen LogP contribution in [0.25, 0.3) is 0 Å². The third-order valence-electron chi connectivity index (χ3n) is 1.55. The van der Waals surface area contributed by atoms with Crippen LogP contribution in [-0.2, 0) is 0 Å². The summed E-state index contributed by atoms with van der Waals surface area (Å²) < 4.78 is 0. The standard InChI is InChI=1S/2C4BN4.2Li/c2*6-1-5(2-7,3-8)4-9;;/q2*-1;2*+1. The molecule has 0 aliphatic rings. The summed E-state index contributed by atoms with van der Waals surface area (Å²) in [6, 6.07) is 0. The first-order valence-corrected chi connectivity index (χ1v) is 4.10. The van der Waals surface area contributed by atoms with Crippen molar-refractivity contribution in [3.63, 3.8) is 0 Å². The van der Waals surface area contributed by atoms with E-state index in [1.54, 1.807) is 0 Å². The molecule has 0 N–H and O–H groups in total. The van der Waals surface area contributed by atoms with Crippen LogP contribution in [0.3, 0.4) is 0 Å². The van der Waals surface area contributed by atoms with Gasteiger partial charge in [-0.05, 0) is 0 Å². The van der Waals surface area contributed by atoms with Crippen molar-refractivity contribution >= 4 is 12.3 Å². The molecule has 0 aromatic heterocycles. The Morgan fingerprint density at radius 1 is 0.350 bits per heavy atom. The van der Waals surface area contributed by atoms with Crippen molar-refractivity contribution in [1.82, 2.24) is 0 Å². The fraction of sp³-hybridized carbons (Fsp3) is 0. The minimum absolute atomic E-state index is 0. The Hall–Kier alpha value is -2.76. The van der Waals surface area contributed by atoms with E-state index in [4.69, 9.17) is 42.1 Å². The van der Waals surface area contributed by atoms with Crippen molar-refractivity contribution < 1.29 is 37.7 Å². The second kappa shape index (κ2) is 12.7. The fourth-order valence-electron chi connectivity index (χ4n) is 0.346. The number of nitriles is 8. The average molecular weight is 244 g/mol. The van der Waals surface area contributed by atoms with Crippen molar-refractivity contribution in [2.75, 3.05) is 0 Å². The Morgan fingerprint density at radius 2 is 0.450 bits per heavy atom. The third kappa shape index (κ3) is 6.85. The summed E-state index contributed by atoms with van der Waals surface area (Å²) >= 11 is 0. The van der Waals surface area contributed by atoms with E-state index >= 15 is 0 Å². The van der Waals surface area contributed by atoms with Crippen LogP contribution in [-0.4, -0.2) is 12.3 Å². The van der Waals surface area contributed by atoms with Crippen LogP contribution in [0, 0.1) is 89.8 Å². The van der Waals surface area contributed by atoms with Crippen LogP contribution < -0.4 is 37.7 Å². The van der Waals surface area contributed by atoms with E-state index in [1.807, 2.05) is 0 Å². The van der Waals surface area contributed by atoms with Crippen LogP contribution in [0.5, 0.6) is 0 Å². The van der Waals surface area contributed by atoms with E-state index in [-0.39, 0.29) is 37.7 Å². The second-order valence-corrected chi connectivity index (χ2v) is 2.76. The maximum atomic E-state index is 8.09. The van der Waals surface area contributed by atoms with Gasteiger partial charge in [-0.25, -0.2) is 42.1 Å². The van der Waals surface area contributed by atoms with Crippen molar-refractivity contribution in [3.8, 4) is 47.7 Å². The van der Waals surface area contributed by atoms with Crippen LogP contribution in [0.2, 0.25) is 0 Å². The molecule has 0 spiro atoms. The van der Waals surface area contributed by atoms with Crippen molar-refractivity contribution in [3.05, 3.63) is 0 Å². The molecule has 0 radical (unpaired) electrons. The minimum atomic E-state index is -2.72. The number of rotatable bonds is 0. The Balaban J connectivity index is -0.000000116. The molecule has 0 rings (SSSR count). The Morgan fingerprint density at radius 3 is 0.450 bits per heavy atom. The summed E-state index contributed by atoms with van der Waals surface area (Å²) in [5, 5.41) is 64.7. The van der Waals surface area contributed by atoms with Crippen molar-refractivity contribution in [2.45, 2.75) is 0 Å². The van der Waals surface area contributed by atoms with Crippen molar-refractivity contribution in [2.24, 2.45) is 0 Å². The zero-order valence-electron chi connectivity index (χ0n) is 10.7. The molecule has 0 unspecified atom stereocenters. The van der Waals surface area contributed by atoms with Gasteiger partial charge in [0, 0.05) is 0 Å². The number of nitrogens with zero attached hydrogens (tertiary/aromatic N) is 8. The molecule has 0 saturated heterocycles. The average Bonchev–Trinajstić information content (AvgIpc) is 2.46. The van der Waals surface area contributed by atoms with E-state index in [0.717, 1.165) is 0 Å². The van der Waals surface area contributed by atoms with Gasteiger partial charge in [-0.1, -0.05) is 0 Å². The molecule has 0 fully saturated rings. The van der Waals surface area contributed by atoms with E-state index in [0.29, 0.717) is 0 Å². The van der Waals surface area contributed by atoms with Gasteiger partial charge < -0.3 is 0 Å². The second-order valence-electron chi connectivity index (χ2n) is 2.76. The van der Waals surface area contributed by atoms with Gasteiger partial charge in [0.15, 0.2) is 0 Å². The van der Waals surface area contributed by atoms with Gasteiger partial charge in [-0.15, -0.1) is 47.7 Å². The van der Waals surface area contributed by atoms with E-state index < -0.39 is 12.3 Å². The Bertz CT molecular complexity index is 480. The summed E-state index contributed by atoms with van der Waals surface area (Å²) in [4.78, 5) is 0. The predicted molar refractivity (Wildman–Crippen MR) is 56.4 cm³/mol. The third-order valence-corrected chi connectivity index (χ3v) is 1.55. The molecule has 80 valence electrons. The van der Waals surface area contributed by atoms with E-state index in [1.165, 1.54) is 47.7 Å². The summed E-state index contributed by atoms with van der Waals surface area (Å²) in [5.41, 5.74) is 0. The van der Waals surface area contributed by atoms with Gasteiger partial charge in [-0.2, -0.15) is 0 Å². The minimum Gasteiger partial charge on any atom is -0.245 e. The molecular weight excluding hydrogens is 244 g/mol. The maximum absolute atomic E-state index is 8.09. The molecule has 0 amide bonds. The molecule has 20 heavy (non-hydrogen) atoms. The fourth-order valence-corrected chi connectivity index (χ4v) is 0.346. The first kappa shape index (κ1) is 25.9. The molecule has 0 atom stereocenters. The molecule has 0 saturated carbocycles. The van der Waals surface area contributed by atoms with Gasteiger partial charge in [0.1, 0.15) is 0 Å². The molecule has 8 nitrogen and oxygen atoms in total. The molecule has 0 aliphatic carbocycles. The topological polar surface area (TPSA) is 190 Å². The monoisotopic (exact) mass is 244 g/mol. The van der Waals surface area contributed by atoms with E-state index in [9.17, 15) is 0 Å². The van der Waals surface area contributed by atoms with Crippen LogP contribution in [0.4, 0.5) is 0 Å². The van der Waals surface area contributed by atoms with Crippen LogP contribution in [0.15, 0.2) is 0 Å². The number of hydrogen-bond acceptors (Lipinski definition) is 8. The first-order chi connectivity index (χ1) is 8.49. The molecule has 0 bridgehead atoms. The van der Waals surface area contributed by atoms with Gasteiger partial charge in [-0.3, -0.25) is 0 Å². The molecular formula is C8B2Li2N8. The van der Waals surface area contributed by atoms with Gasteiger partial charge in [0.05, 0.1) is 0 Å². The summed E-state index contributed by atoms with van der Waals surface area (Å²) in [6.07, 6.45) is -5.44. The molecule has 0 aromatic rings. The summed E-state index contributed by atoms with van der Waals surface area (Å²) in [5.74, 6) is 10.8. The van der Waals surface area contributed by atoms with E-state index in [2.05, 4.69) is 0 Å².